The van der Waals surface area contributed by atoms with Crippen LogP contribution in [-0.2, 0) is 23.0 Å². The van der Waals surface area contributed by atoms with E-state index in [2.05, 4.69) is 14.5 Å². The van der Waals surface area contributed by atoms with Gasteiger partial charge in [-0.1, -0.05) is 17.7 Å². The molecule has 14 heteroatoms. The number of hydrogen-bond donors (Lipinski definition) is 2. The van der Waals surface area contributed by atoms with Gasteiger partial charge in [-0.25, -0.2) is 21.9 Å². The number of phenolic OH excluding ortho intramolecular Hbond substituents is 1. The summed E-state index contributed by atoms with van der Waals surface area (Å²) in [6.07, 6.45) is 4.06. The maximum Gasteiger partial charge on any atom is 0.318 e. The topological polar surface area (TPSA) is 111 Å². The van der Waals surface area contributed by atoms with Crippen molar-refractivity contribution in [1.29, 1.82) is 0 Å². The molecule has 0 saturated carbocycles. The number of hydrogen-bond acceptors (Lipinski definition) is 9. The molecule has 5 aliphatic rings. The van der Waals surface area contributed by atoms with Crippen LogP contribution >= 0.6 is 11.6 Å². The smallest absolute Gasteiger partial charge is 0.318 e. The molecule has 0 radical (unpaired) electrons. The van der Waals surface area contributed by atoms with Crippen molar-refractivity contribution in [3.05, 3.63) is 46.4 Å². The maximum atomic E-state index is 14.6. The normalized spacial score (nSPS) is 29.1. The van der Waals surface area contributed by atoms with Crippen LogP contribution in [0.1, 0.15) is 49.8 Å². The molecule has 5 aliphatic heterocycles. The Labute approximate surface area is 271 Å². The Bertz CT molecular complexity index is 1830. The molecule has 6 heterocycles. The Morgan fingerprint density at radius 2 is 1.96 bits per heavy atom. The summed E-state index contributed by atoms with van der Waals surface area (Å²) in [4.78, 5) is 16.2. The summed E-state index contributed by atoms with van der Waals surface area (Å²) < 4.78 is 63.3. The molecule has 0 amide bonds. The van der Waals surface area contributed by atoms with Crippen LogP contribution in [0.25, 0.3) is 10.8 Å². The second-order valence-electron chi connectivity index (χ2n) is 13.7. The van der Waals surface area contributed by atoms with Crippen LogP contribution in [0.2, 0.25) is 5.02 Å². The minimum atomic E-state index is -3.32. The molecule has 0 aliphatic carbocycles. The molecule has 2 N–H and O–H groups in total. The molecule has 0 bridgehead atoms. The van der Waals surface area contributed by atoms with Gasteiger partial charge in [0.05, 0.1) is 39.8 Å². The fourth-order valence-corrected chi connectivity index (χ4v) is 10.5. The van der Waals surface area contributed by atoms with Gasteiger partial charge in [-0.3, -0.25) is 4.90 Å². The number of fused-ring (bicyclic) bond motifs is 3. The van der Waals surface area contributed by atoms with Crippen LogP contribution in [0.5, 0.6) is 11.8 Å². The van der Waals surface area contributed by atoms with E-state index in [-0.39, 0.29) is 34.7 Å². The molecule has 46 heavy (non-hydrogen) atoms. The fraction of sp³-hybridized carbons (Fsp3) is 0.562. The number of halogens is 3. The minimum Gasteiger partial charge on any atom is -0.508 e. The van der Waals surface area contributed by atoms with Crippen molar-refractivity contribution in [2.24, 2.45) is 0 Å². The molecule has 1 aromatic heterocycles. The lowest BCUT2D eigenvalue weighted by molar-refractivity contribution is 0.107. The van der Waals surface area contributed by atoms with E-state index in [0.29, 0.717) is 68.4 Å². The first-order valence-electron chi connectivity index (χ1n) is 16.1. The van der Waals surface area contributed by atoms with E-state index in [0.717, 1.165) is 49.3 Å². The first-order valence-corrected chi connectivity index (χ1v) is 18.1. The number of sulfonamides is 1. The molecule has 3 atom stereocenters. The number of ether oxygens (including phenoxy) is 1. The van der Waals surface area contributed by atoms with E-state index in [1.807, 2.05) is 4.90 Å². The van der Waals surface area contributed by atoms with Crippen LogP contribution in [0.3, 0.4) is 0 Å². The Kier molecular flexibility index (Phi) is 7.28. The zero-order chi connectivity index (χ0) is 31.8. The number of aromatic nitrogens is 2. The van der Waals surface area contributed by atoms with E-state index in [1.165, 1.54) is 6.07 Å². The van der Waals surface area contributed by atoms with Gasteiger partial charge in [0.1, 0.15) is 30.2 Å². The summed E-state index contributed by atoms with van der Waals surface area (Å²) in [6, 6.07) is 6.26. The number of benzene rings is 2. The van der Waals surface area contributed by atoms with Gasteiger partial charge < -0.3 is 19.6 Å². The monoisotopic (exact) mass is 674 g/mol. The Balaban J connectivity index is 1.16. The van der Waals surface area contributed by atoms with Crippen molar-refractivity contribution in [3.8, 4) is 11.8 Å². The van der Waals surface area contributed by atoms with Gasteiger partial charge in [0, 0.05) is 49.6 Å². The Morgan fingerprint density at radius 3 is 2.78 bits per heavy atom. The van der Waals surface area contributed by atoms with Crippen molar-refractivity contribution in [2.45, 2.75) is 68.7 Å². The summed E-state index contributed by atoms with van der Waals surface area (Å²) in [5, 5.41) is 11.7. The van der Waals surface area contributed by atoms with E-state index in [9.17, 15) is 22.3 Å². The predicted octanol–water partition coefficient (Wildman–Crippen LogP) is 4.31. The fourth-order valence-electron chi connectivity index (χ4n) is 8.54. The molecular weight excluding hydrogens is 638 g/mol. The van der Waals surface area contributed by atoms with Crippen LogP contribution in [0.15, 0.2) is 24.3 Å². The zero-order valence-corrected chi connectivity index (χ0v) is 27.0. The van der Waals surface area contributed by atoms with Crippen molar-refractivity contribution in [3.63, 3.8) is 0 Å². The van der Waals surface area contributed by atoms with Gasteiger partial charge in [-0.05, 0) is 62.6 Å². The number of phenols is 1. The number of piperidine rings is 1. The highest BCUT2D eigenvalue weighted by atomic mass is 35.5. The molecule has 2 aromatic carbocycles. The van der Waals surface area contributed by atoms with Gasteiger partial charge >= 0.3 is 6.01 Å². The van der Waals surface area contributed by atoms with E-state index in [4.69, 9.17) is 26.3 Å². The third kappa shape index (κ3) is 5.23. The van der Waals surface area contributed by atoms with Gasteiger partial charge in [0.25, 0.3) is 0 Å². The number of aromatic hydroxyl groups is 1. The molecule has 246 valence electrons. The number of nitrogens with one attached hydrogen (secondary N) is 1. The summed E-state index contributed by atoms with van der Waals surface area (Å²) in [5.74, 6) is 0.346. The summed E-state index contributed by atoms with van der Waals surface area (Å²) in [7, 11) is -3.32. The highest BCUT2D eigenvalue weighted by Crippen LogP contribution is 2.43. The standard InChI is InChI=1S/C32H37ClF2N6O4S/c33-28-24(35)4-3-20-13-22(42)14-26(27(20)28)39-11-5-23-25(17-39)36-30(45-19-32-7-2-10-41(32)16-21(34)15-32)37-29(23)40-9-1-6-31(18-40)8-12-46(43,44)38-31/h3-4,13-14,21,38,42H,1-2,5-12,15-19H2/t21-,31?,32+/m1/s1. The maximum absolute atomic E-state index is 14.6. The zero-order valence-electron chi connectivity index (χ0n) is 25.4. The first-order chi connectivity index (χ1) is 22.0. The van der Waals surface area contributed by atoms with Crippen molar-refractivity contribution >= 4 is 43.9 Å². The Hall–Kier alpha value is -3.00. The van der Waals surface area contributed by atoms with E-state index in [1.54, 1.807) is 18.2 Å². The molecule has 3 aromatic rings. The molecule has 4 fully saturated rings. The summed E-state index contributed by atoms with van der Waals surface area (Å²) >= 11 is 6.48. The lowest BCUT2D eigenvalue weighted by Gasteiger charge is -2.42. The quantitative estimate of drug-likeness (QED) is 0.409. The summed E-state index contributed by atoms with van der Waals surface area (Å²) in [5.41, 5.74) is 1.38. The molecule has 8 rings (SSSR count). The predicted molar refractivity (Wildman–Crippen MR) is 172 cm³/mol. The second-order valence-corrected chi connectivity index (χ2v) is 15.9. The molecule has 1 spiro atoms. The van der Waals surface area contributed by atoms with Gasteiger partial charge in [0.15, 0.2) is 0 Å². The van der Waals surface area contributed by atoms with Crippen LogP contribution in [-0.4, -0.2) is 90.7 Å². The lowest BCUT2D eigenvalue weighted by Crippen LogP contribution is -2.55. The Morgan fingerprint density at radius 1 is 1.11 bits per heavy atom. The van der Waals surface area contributed by atoms with Crippen LogP contribution in [0, 0.1) is 5.82 Å². The third-order valence-electron chi connectivity index (χ3n) is 10.7. The molecular formula is C32H37ClF2N6O4S. The van der Waals surface area contributed by atoms with Crippen molar-refractivity contribution < 1.29 is 27.0 Å². The van der Waals surface area contributed by atoms with Crippen molar-refractivity contribution in [1.82, 2.24) is 19.6 Å². The average molecular weight is 675 g/mol. The lowest BCUT2D eigenvalue weighted by atomic mass is 9.87. The number of alkyl halides is 1. The van der Waals surface area contributed by atoms with Gasteiger partial charge in [-0.15, -0.1) is 0 Å². The highest BCUT2D eigenvalue weighted by Gasteiger charge is 2.50. The van der Waals surface area contributed by atoms with Gasteiger partial charge in [0.2, 0.25) is 10.0 Å². The molecule has 10 nitrogen and oxygen atoms in total. The minimum absolute atomic E-state index is 0.00793. The SMILES string of the molecule is O=S1(=O)CCC2(CCCN(c3nc(OC[C@@]45CCCN4C[C@H](F)C5)nc4c3CCN(c3cc(O)cc5ccc(F)c(Cl)c35)C4)C2)N1. The van der Waals surface area contributed by atoms with Gasteiger partial charge in [-0.2, -0.15) is 9.97 Å². The molecule has 4 saturated heterocycles. The first kappa shape index (κ1) is 30.3. The molecule has 1 unspecified atom stereocenters. The number of nitrogens with zero attached hydrogens (tertiary/aromatic N) is 5. The third-order valence-corrected chi connectivity index (χ3v) is 12.5. The summed E-state index contributed by atoms with van der Waals surface area (Å²) in [6.45, 7) is 3.63. The van der Waals surface area contributed by atoms with E-state index >= 15 is 0 Å². The van der Waals surface area contributed by atoms with Crippen molar-refractivity contribution in [2.75, 3.05) is 54.9 Å². The largest absolute Gasteiger partial charge is 0.508 e. The number of anilines is 2. The highest BCUT2D eigenvalue weighted by molar-refractivity contribution is 7.89. The van der Waals surface area contributed by atoms with Crippen LogP contribution in [0.4, 0.5) is 20.3 Å². The second kappa shape index (κ2) is 11.0. The van der Waals surface area contributed by atoms with E-state index < -0.39 is 27.6 Å². The number of rotatable bonds is 5. The average Bonchev–Trinajstić information content (AvgIpc) is 3.65. The van der Waals surface area contributed by atoms with Crippen LogP contribution < -0.4 is 19.3 Å².